The fourth-order valence-electron chi connectivity index (χ4n) is 0.318. The third kappa shape index (κ3) is 37.6. The van der Waals surface area contributed by atoms with Gasteiger partial charge in [0.05, 0.1) is 0 Å². The molecule has 0 aromatic heterocycles. The van der Waals surface area contributed by atoms with Gasteiger partial charge in [0.25, 0.3) is 0 Å². The molecule has 0 saturated carbocycles. The van der Waals surface area contributed by atoms with E-state index < -0.39 is 0 Å². The largest absolute Gasteiger partial charge is 0.179 e. The molecule has 0 N–H and O–H groups in total. The number of hydrogen-bond acceptors (Lipinski definition) is 4. The van der Waals surface area contributed by atoms with Crippen molar-refractivity contribution in [1.82, 2.24) is 0 Å². The lowest BCUT2D eigenvalue weighted by Gasteiger charge is -1.99. The van der Waals surface area contributed by atoms with Gasteiger partial charge in [-0.3, -0.25) is 0 Å². The molecule has 14 heavy (non-hydrogen) atoms. The zero-order valence-corrected chi connectivity index (χ0v) is 11.4. The van der Waals surface area contributed by atoms with Crippen LogP contribution in [0.3, 0.4) is 0 Å². The maximum absolute atomic E-state index is 4.23. The average molecular weight is 277 g/mol. The van der Waals surface area contributed by atoms with E-state index in [1.165, 1.54) is 6.42 Å². The van der Waals surface area contributed by atoms with Gasteiger partial charge in [-0.05, 0) is 17.9 Å². The molecule has 0 bridgehead atoms. The first-order valence-corrected chi connectivity index (χ1v) is 7.10. The number of thiol groups is 3. The maximum Gasteiger partial charge on any atom is 0.00791 e. The first kappa shape index (κ1) is 24.6. The van der Waals surface area contributed by atoms with Crippen molar-refractivity contribution in [2.75, 3.05) is 23.0 Å². The molecule has 0 amide bonds. The summed E-state index contributed by atoms with van der Waals surface area (Å²) in [5, 5.41) is 0.528. The highest BCUT2D eigenvalue weighted by Gasteiger charge is 1.91. The molecule has 0 nitrogen and oxygen atoms in total. The molecule has 0 aliphatic carbocycles. The summed E-state index contributed by atoms with van der Waals surface area (Å²) in [6, 6.07) is 0. The highest BCUT2D eigenvalue weighted by molar-refractivity contribution is 8.00. The maximum atomic E-state index is 4.23. The minimum atomic E-state index is 0. The predicted octanol–water partition coefficient (Wildman–Crippen LogP) is 4.57. The second-order valence-corrected chi connectivity index (χ2v) is 5.30. The van der Waals surface area contributed by atoms with Gasteiger partial charge in [-0.2, -0.15) is 49.6 Å². The first-order chi connectivity index (χ1) is 5.68. The average Bonchev–Trinajstić information content (AvgIpc) is 2.05. The molecule has 0 fully saturated rings. The molecule has 0 heterocycles. The van der Waals surface area contributed by atoms with E-state index >= 15 is 0 Å². The zero-order valence-electron chi connectivity index (χ0n) is 7.86. The van der Waals surface area contributed by atoms with Crippen LogP contribution in [0, 0.1) is 0 Å². The summed E-state index contributed by atoms with van der Waals surface area (Å²) in [7, 11) is 0. The van der Waals surface area contributed by atoms with Crippen molar-refractivity contribution in [2.45, 2.75) is 40.4 Å². The Morgan fingerprint density at radius 2 is 1.57 bits per heavy atom. The van der Waals surface area contributed by atoms with Crippen molar-refractivity contribution >= 4 is 49.6 Å². The Bertz CT molecular complexity index is 65.1. The molecule has 1 atom stereocenters. The van der Waals surface area contributed by atoms with Crippen molar-refractivity contribution in [2.24, 2.45) is 0 Å². The van der Waals surface area contributed by atoms with Gasteiger partial charge in [-0.25, -0.2) is 0 Å². The van der Waals surface area contributed by atoms with Gasteiger partial charge < -0.3 is 0 Å². The molecule has 0 rings (SSSR count). The molecule has 4 heteroatoms. The van der Waals surface area contributed by atoms with E-state index in [0.29, 0.717) is 5.25 Å². The van der Waals surface area contributed by atoms with Gasteiger partial charge in [0, 0.05) is 16.8 Å². The summed E-state index contributed by atoms with van der Waals surface area (Å²) in [5.74, 6) is 4.28. The Morgan fingerprint density at radius 1 is 1.14 bits per heavy atom. The van der Waals surface area contributed by atoms with Crippen LogP contribution in [0.25, 0.3) is 0 Å². The lowest BCUT2D eigenvalue weighted by Crippen LogP contribution is -1.95. The van der Waals surface area contributed by atoms with Crippen LogP contribution in [-0.4, -0.2) is 28.3 Å². The van der Waals surface area contributed by atoms with E-state index in [1.54, 1.807) is 0 Å². The smallest absolute Gasteiger partial charge is 0.00791 e. The lowest BCUT2D eigenvalue weighted by atomic mass is 10.6. The molecule has 0 spiro atoms. The SMILES string of the molecule is C.C.CC(S)CSCCS.CCCS. The minimum absolute atomic E-state index is 0. The molecule has 0 aromatic rings. The predicted molar refractivity (Wildman–Crippen MR) is 87.2 cm³/mol. The summed E-state index contributed by atoms with van der Waals surface area (Å²) < 4.78 is 0. The van der Waals surface area contributed by atoms with Crippen LogP contribution in [-0.2, 0) is 0 Å². The summed E-state index contributed by atoms with van der Waals surface area (Å²) in [5.41, 5.74) is 0. The Balaban J connectivity index is -0.0000000733. The fourth-order valence-corrected chi connectivity index (χ4v) is 1.66. The highest BCUT2D eigenvalue weighted by atomic mass is 32.2. The molecule has 0 aliphatic rings. The number of hydrogen-bond donors (Lipinski definition) is 3. The molecular weight excluding hydrogens is 248 g/mol. The van der Waals surface area contributed by atoms with Crippen LogP contribution < -0.4 is 0 Å². The monoisotopic (exact) mass is 276 g/mol. The van der Waals surface area contributed by atoms with Crippen LogP contribution in [0.2, 0.25) is 0 Å². The highest BCUT2D eigenvalue weighted by Crippen LogP contribution is 2.06. The Morgan fingerprint density at radius 3 is 1.79 bits per heavy atom. The molecular formula is C10H28S4. The summed E-state index contributed by atoms with van der Waals surface area (Å²) in [6.45, 7) is 4.21. The van der Waals surface area contributed by atoms with Crippen LogP contribution >= 0.6 is 49.6 Å². The van der Waals surface area contributed by atoms with Crippen LogP contribution in [0.5, 0.6) is 0 Å². The zero-order chi connectivity index (χ0) is 9.82. The van der Waals surface area contributed by atoms with Crippen molar-refractivity contribution in [3.63, 3.8) is 0 Å². The lowest BCUT2D eigenvalue weighted by molar-refractivity contribution is 1.11. The van der Waals surface area contributed by atoms with E-state index in [0.717, 1.165) is 23.0 Å². The number of rotatable bonds is 5. The van der Waals surface area contributed by atoms with Crippen LogP contribution in [0.4, 0.5) is 0 Å². The molecule has 0 aliphatic heterocycles. The van der Waals surface area contributed by atoms with E-state index in [2.05, 4.69) is 51.7 Å². The first-order valence-electron chi connectivity index (χ1n) is 4.16. The van der Waals surface area contributed by atoms with Gasteiger partial charge in [-0.15, -0.1) is 0 Å². The van der Waals surface area contributed by atoms with E-state index in [-0.39, 0.29) is 14.9 Å². The molecule has 0 radical (unpaired) electrons. The standard InChI is InChI=1S/C5H12S3.C3H8S.2CH4/c1-5(7)4-8-3-2-6;1-2-3-4;;/h5-7H,2-4H2,1H3;4H,2-3H2,1H3;2*1H4. The Hall–Kier alpha value is 1.40. The Labute approximate surface area is 113 Å². The topological polar surface area (TPSA) is 0 Å². The van der Waals surface area contributed by atoms with Crippen molar-refractivity contribution in [3.05, 3.63) is 0 Å². The number of thioether (sulfide) groups is 1. The van der Waals surface area contributed by atoms with Gasteiger partial charge in [0.15, 0.2) is 0 Å². The fraction of sp³-hybridized carbons (Fsp3) is 1.00. The van der Waals surface area contributed by atoms with Crippen molar-refractivity contribution in [1.29, 1.82) is 0 Å². The van der Waals surface area contributed by atoms with Crippen LogP contribution in [0.15, 0.2) is 0 Å². The molecule has 92 valence electrons. The molecule has 0 saturated heterocycles. The third-order valence-electron chi connectivity index (χ3n) is 0.818. The van der Waals surface area contributed by atoms with Gasteiger partial charge in [-0.1, -0.05) is 28.7 Å². The van der Waals surface area contributed by atoms with Gasteiger partial charge >= 0.3 is 0 Å². The van der Waals surface area contributed by atoms with E-state index in [1.807, 2.05) is 11.8 Å². The summed E-state index contributed by atoms with van der Waals surface area (Å²) in [4.78, 5) is 0. The van der Waals surface area contributed by atoms with Gasteiger partial charge in [0.2, 0.25) is 0 Å². The summed E-state index contributed by atoms with van der Waals surface area (Å²) >= 11 is 14.1. The van der Waals surface area contributed by atoms with E-state index in [4.69, 9.17) is 0 Å². The van der Waals surface area contributed by atoms with Crippen molar-refractivity contribution < 1.29 is 0 Å². The second-order valence-electron chi connectivity index (χ2n) is 2.37. The van der Waals surface area contributed by atoms with Crippen LogP contribution in [0.1, 0.15) is 35.1 Å². The van der Waals surface area contributed by atoms with E-state index in [9.17, 15) is 0 Å². The van der Waals surface area contributed by atoms with Gasteiger partial charge in [0.1, 0.15) is 0 Å². The normalized spacial score (nSPS) is 10.1. The summed E-state index contributed by atoms with van der Waals surface area (Å²) in [6.07, 6.45) is 1.18. The van der Waals surface area contributed by atoms with Crippen molar-refractivity contribution in [3.8, 4) is 0 Å². The molecule has 1 unspecified atom stereocenters. The molecule has 0 aromatic carbocycles. The quantitative estimate of drug-likeness (QED) is 0.488. The third-order valence-corrected chi connectivity index (χ3v) is 3.45. The minimum Gasteiger partial charge on any atom is -0.179 e. The Kier molecular flexibility index (Phi) is 42.0. The second kappa shape index (κ2) is 23.9.